The lowest BCUT2D eigenvalue weighted by Crippen LogP contribution is -2.29. The number of nitrogens with zero attached hydrogens (tertiary/aromatic N) is 2. The van der Waals surface area contributed by atoms with E-state index in [-0.39, 0.29) is 11.8 Å². The van der Waals surface area contributed by atoms with Gasteiger partial charge < -0.3 is 10.2 Å². The smallest absolute Gasteiger partial charge is 0.257 e. The van der Waals surface area contributed by atoms with Gasteiger partial charge in [0.1, 0.15) is 0 Å². The Hall–Kier alpha value is -2.63. The van der Waals surface area contributed by atoms with Gasteiger partial charge in [-0.25, -0.2) is 0 Å². The average Bonchev–Trinajstić information content (AvgIpc) is 2.79. The molecule has 2 amide bonds. The molecule has 0 spiro atoms. The molecule has 6 heteroatoms. The van der Waals surface area contributed by atoms with E-state index in [0.29, 0.717) is 27.6 Å². The lowest BCUT2D eigenvalue weighted by atomic mass is 10.0. The van der Waals surface area contributed by atoms with E-state index < -0.39 is 0 Å². The van der Waals surface area contributed by atoms with E-state index in [1.807, 2.05) is 6.07 Å². The SMILES string of the molecule is CN1CCC(=CC(=O)N2c3ccccc3C(=O)Nc3cccc(Cl)c32)CC1. The van der Waals surface area contributed by atoms with Crippen molar-refractivity contribution in [2.45, 2.75) is 12.8 Å². The number of hydrogen-bond donors (Lipinski definition) is 1. The number of carbonyl (C=O) groups excluding carboxylic acids is 2. The number of hydrogen-bond acceptors (Lipinski definition) is 3. The fraction of sp³-hybridized carbons (Fsp3) is 0.238. The maximum atomic E-state index is 13.3. The van der Waals surface area contributed by atoms with Crippen molar-refractivity contribution in [3.05, 3.63) is 64.7 Å². The van der Waals surface area contributed by atoms with Gasteiger partial charge in [0.15, 0.2) is 0 Å². The van der Waals surface area contributed by atoms with Crippen LogP contribution in [-0.2, 0) is 4.79 Å². The van der Waals surface area contributed by atoms with Crippen LogP contribution in [0.1, 0.15) is 23.2 Å². The van der Waals surface area contributed by atoms with E-state index in [9.17, 15) is 9.59 Å². The molecule has 0 saturated carbocycles. The predicted molar refractivity (Wildman–Crippen MR) is 108 cm³/mol. The molecule has 27 heavy (non-hydrogen) atoms. The van der Waals surface area contributed by atoms with Gasteiger partial charge in [0.2, 0.25) is 0 Å². The molecule has 2 aromatic rings. The molecule has 2 aliphatic rings. The summed E-state index contributed by atoms with van der Waals surface area (Å²) in [6, 6.07) is 12.3. The first-order chi connectivity index (χ1) is 13.0. The van der Waals surface area contributed by atoms with Gasteiger partial charge in [-0.05, 0) is 44.2 Å². The number of amides is 2. The third kappa shape index (κ3) is 3.36. The van der Waals surface area contributed by atoms with E-state index >= 15 is 0 Å². The molecule has 0 aromatic heterocycles. The molecule has 2 aromatic carbocycles. The molecule has 1 saturated heterocycles. The molecule has 0 radical (unpaired) electrons. The van der Waals surface area contributed by atoms with Gasteiger partial charge in [-0.15, -0.1) is 0 Å². The Balaban J connectivity index is 1.83. The Labute approximate surface area is 163 Å². The normalized spacial score (nSPS) is 16.9. The molecule has 0 bridgehead atoms. The fourth-order valence-electron chi connectivity index (χ4n) is 3.53. The van der Waals surface area contributed by atoms with Crippen LogP contribution >= 0.6 is 11.6 Å². The molecule has 138 valence electrons. The minimum atomic E-state index is -0.253. The lowest BCUT2D eigenvalue weighted by Gasteiger charge is -2.26. The molecule has 4 rings (SSSR count). The van der Waals surface area contributed by atoms with E-state index in [4.69, 9.17) is 11.6 Å². The summed E-state index contributed by atoms with van der Waals surface area (Å²) in [6.07, 6.45) is 3.43. The number of rotatable bonds is 1. The number of benzene rings is 2. The van der Waals surface area contributed by atoms with E-state index in [1.54, 1.807) is 47.4 Å². The zero-order valence-corrected chi connectivity index (χ0v) is 15.8. The van der Waals surface area contributed by atoms with Crippen molar-refractivity contribution < 1.29 is 9.59 Å². The van der Waals surface area contributed by atoms with Crippen molar-refractivity contribution in [2.24, 2.45) is 0 Å². The van der Waals surface area contributed by atoms with Crippen LogP contribution in [0.15, 0.2) is 54.1 Å². The van der Waals surface area contributed by atoms with Gasteiger partial charge in [0, 0.05) is 19.2 Å². The van der Waals surface area contributed by atoms with Crippen LogP contribution in [0.2, 0.25) is 5.02 Å². The van der Waals surface area contributed by atoms with Crippen LogP contribution in [0.4, 0.5) is 17.1 Å². The molecule has 5 nitrogen and oxygen atoms in total. The summed E-state index contributed by atoms with van der Waals surface area (Å²) in [5.41, 5.74) is 3.13. The van der Waals surface area contributed by atoms with Crippen LogP contribution < -0.4 is 10.2 Å². The number of para-hydroxylation sites is 2. The van der Waals surface area contributed by atoms with Crippen molar-refractivity contribution in [1.29, 1.82) is 0 Å². The highest BCUT2D eigenvalue weighted by Gasteiger charge is 2.30. The number of likely N-dealkylation sites (tertiary alicyclic amines) is 1. The third-order valence-electron chi connectivity index (χ3n) is 5.03. The van der Waals surface area contributed by atoms with Crippen molar-refractivity contribution in [1.82, 2.24) is 4.90 Å². The van der Waals surface area contributed by atoms with Gasteiger partial charge in [-0.3, -0.25) is 14.5 Å². The van der Waals surface area contributed by atoms with E-state index in [2.05, 4.69) is 17.3 Å². The summed E-state index contributed by atoms with van der Waals surface area (Å²) in [4.78, 5) is 29.8. The molecule has 0 atom stereocenters. The Bertz CT molecular complexity index is 944. The predicted octanol–water partition coefficient (Wildman–Crippen LogP) is 4.22. The van der Waals surface area contributed by atoms with Gasteiger partial charge in [-0.1, -0.05) is 35.4 Å². The quantitative estimate of drug-likeness (QED) is 0.752. The third-order valence-corrected chi connectivity index (χ3v) is 5.33. The maximum Gasteiger partial charge on any atom is 0.257 e. The van der Waals surface area contributed by atoms with Gasteiger partial charge in [0.25, 0.3) is 11.8 Å². The highest BCUT2D eigenvalue weighted by Crippen LogP contribution is 2.42. The number of anilines is 3. The lowest BCUT2D eigenvalue weighted by molar-refractivity contribution is -0.113. The molecule has 2 heterocycles. The van der Waals surface area contributed by atoms with E-state index in [0.717, 1.165) is 31.5 Å². The summed E-state index contributed by atoms with van der Waals surface area (Å²) in [7, 11) is 2.08. The molecule has 1 fully saturated rings. The summed E-state index contributed by atoms with van der Waals surface area (Å²) >= 11 is 6.46. The number of halogens is 1. The Morgan fingerprint density at radius 1 is 1.11 bits per heavy atom. The highest BCUT2D eigenvalue weighted by atomic mass is 35.5. The number of nitrogens with one attached hydrogen (secondary N) is 1. The Morgan fingerprint density at radius 2 is 1.85 bits per heavy atom. The molecular formula is C21H20ClN3O2. The summed E-state index contributed by atoms with van der Waals surface area (Å²) in [6.45, 7) is 1.88. The van der Waals surface area contributed by atoms with E-state index in [1.165, 1.54) is 0 Å². The molecule has 1 N–H and O–H groups in total. The van der Waals surface area contributed by atoms with Gasteiger partial charge >= 0.3 is 0 Å². The van der Waals surface area contributed by atoms with Gasteiger partial charge in [-0.2, -0.15) is 0 Å². The van der Waals surface area contributed by atoms with Crippen LogP contribution in [0.3, 0.4) is 0 Å². The first-order valence-corrected chi connectivity index (χ1v) is 9.33. The Morgan fingerprint density at radius 3 is 2.63 bits per heavy atom. The molecular weight excluding hydrogens is 362 g/mol. The zero-order valence-electron chi connectivity index (χ0n) is 15.0. The second-order valence-corrected chi connectivity index (χ2v) is 7.29. The summed E-state index contributed by atoms with van der Waals surface area (Å²) in [5, 5.41) is 3.29. The minimum Gasteiger partial charge on any atom is -0.320 e. The molecule has 2 aliphatic heterocycles. The maximum absolute atomic E-state index is 13.3. The summed E-state index contributed by atoms with van der Waals surface area (Å²) in [5.74, 6) is -0.441. The van der Waals surface area contributed by atoms with Crippen LogP contribution in [0.5, 0.6) is 0 Å². The first-order valence-electron chi connectivity index (χ1n) is 8.95. The first kappa shape index (κ1) is 17.8. The zero-order chi connectivity index (χ0) is 19.0. The summed E-state index contributed by atoms with van der Waals surface area (Å²) < 4.78 is 0. The van der Waals surface area contributed by atoms with Crippen LogP contribution in [-0.4, -0.2) is 36.9 Å². The second kappa shape index (κ2) is 7.18. The topological polar surface area (TPSA) is 52.7 Å². The van der Waals surface area contributed by atoms with Crippen LogP contribution in [0.25, 0.3) is 0 Å². The fourth-order valence-corrected chi connectivity index (χ4v) is 3.79. The number of piperidine rings is 1. The molecule has 0 aliphatic carbocycles. The second-order valence-electron chi connectivity index (χ2n) is 6.89. The molecule has 0 unspecified atom stereocenters. The standard InChI is InChI=1S/C21H20ClN3O2/c1-24-11-9-14(10-12-24)13-19(26)25-18-8-3-2-5-15(18)21(27)23-17-7-4-6-16(22)20(17)25/h2-8,13H,9-12H2,1H3,(H,23,27). The van der Waals surface area contributed by atoms with Crippen molar-refractivity contribution in [3.8, 4) is 0 Å². The van der Waals surface area contributed by atoms with Gasteiger partial charge in [0.05, 0.1) is 27.6 Å². The average molecular weight is 382 g/mol. The van der Waals surface area contributed by atoms with Crippen molar-refractivity contribution in [3.63, 3.8) is 0 Å². The van der Waals surface area contributed by atoms with Crippen molar-refractivity contribution >= 4 is 40.5 Å². The largest absolute Gasteiger partial charge is 0.320 e. The monoisotopic (exact) mass is 381 g/mol. The Kier molecular flexibility index (Phi) is 4.72. The highest BCUT2D eigenvalue weighted by molar-refractivity contribution is 6.36. The van der Waals surface area contributed by atoms with Crippen LogP contribution in [0, 0.1) is 0 Å². The minimum absolute atomic E-state index is 0.187. The van der Waals surface area contributed by atoms with Crippen molar-refractivity contribution in [2.75, 3.05) is 30.4 Å². The number of carbonyl (C=O) groups is 2. The number of fused-ring (bicyclic) bond motifs is 2.